The minimum Gasteiger partial charge on any atom is -0.465 e. The molecule has 0 spiro atoms. The van der Waals surface area contributed by atoms with Crippen molar-refractivity contribution in [2.45, 2.75) is 37.6 Å². The fraction of sp³-hybridized carbons (Fsp3) is 0.500. The summed E-state index contributed by atoms with van der Waals surface area (Å²) in [6.45, 7) is 0.714. The number of methoxy groups -OCH3 is 1. The van der Waals surface area contributed by atoms with Crippen LogP contribution in [-0.2, 0) is 14.3 Å². The van der Waals surface area contributed by atoms with Gasteiger partial charge in [0, 0.05) is 6.92 Å². The van der Waals surface area contributed by atoms with Crippen LogP contribution in [0.4, 0.5) is 0 Å². The van der Waals surface area contributed by atoms with Crippen molar-refractivity contribution in [3.63, 3.8) is 0 Å². The zero-order chi connectivity index (χ0) is 18.6. The van der Waals surface area contributed by atoms with Crippen LogP contribution < -0.4 is 10.1 Å². The first kappa shape index (κ1) is 19.1. The van der Waals surface area contributed by atoms with E-state index in [1.165, 1.54) is 38.3 Å². The monoisotopic (exact) mass is 355 g/mol. The Morgan fingerprint density at radius 2 is 1.84 bits per heavy atom. The van der Waals surface area contributed by atoms with Gasteiger partial charge in [-0.05, 0) is 24.3 Å². The predicted molar refractivity (Wildman–Crippen MR) is 83.8 cm³/mol. The number of rotatable bonds is 5. The Morgan fingerprint density at radius 1 is 1.20 bits per heavy atom. The van der Waals surface area contributed by atoms with E-state index in [1.807, 2.05) is 0 Å². The first-order valence-corrected chi connectivity index (χ1v) is 7.62. The first-order valence-electron chi connectivity index (χ1n) is 7.62. The van der Waals surface area contributed by atoms with E-state index in [-0.39, 0.29) is 0 Å². The smallest absolute Gasteiger partial charge is 0.337 e. The van der Waals surface area contributed by atoms with Gasteiger partial charge in [-0.15, -0.1) is 0 Å². The third-order valence-corrected chi connectivity index (χ3v) is 3.78. The van der Waals surface area contributed by atoms with Crippen LogP contribution in [-0.4, -0.2) is 71.6 Å². The molecule has 4 N–H and O–H groups in total. The number of hydrogen-bond acceptors (Lipinski definition) is 8. The molecule has 5 atom stereocenters. The number of aliphatic hydroxyl groups excluding tert-OH is 3. The fourth-order valence-electron chi connectivity index (χ4n) is 2.49. The van der Waals surface area contributed by atoms with Gasteiger partial charge in [0.25, 0.3) is 0 Å². The van der Waals surface area contributed by atoms with Crippen molar-refractivity contribution < 1.29 is 39.1 Å². The van der Waals surface area contributed by atoms with Gasteiger partial charge in [-0.3, -0.25) is 4.79 Å². The van der Waals surface area contributed by atoms with Gasteiger partial charge in [0.2, 0.25) is 12.2 Å². The summed E-state index contributed by atoms with van der Waals surface area (Å²) in [5, 5.41) is 31.9. The largest absolute Gasteiger partial charge is 0.465 e. The van der Waals surface area contributed by atoms with Gasteiger partial charge in [-0.1, -0.05) is 0 Å². The van der Waals surface area contributed by atoms with Gasteiger partial charge in [-0.2, -0.15) is 0 Å². The number of ether oxygens (including phenoxy) is 3. The Bertz CT molecular complexity index is 605. The maximum Gasteiger partial charge on any atom is 0.337 e. The molecule has 1 aliphatic rings. The highest BCUT2D eigenvalue weighted by Gasteiger charge is 2.46. The number of carbonyl (C=O) groups excluding carboxylic acids is 2. The molecule has 1 saturated heterocycles. The van der Waals surface area contributed by atoms with E-state index in [0.717, 1.165) is 0 Å². The van der Waals surface area contributed by atoms with Gasteiger partial charge in [0.15, 0.2) is 0 Å². The second-order valence-corrected chi connectivity index (χ2v) is 5.57. The molecule has 2 rings (SSSR count). The lowest BCUT2D eigenvalue weighted by atomic mass is 9.97. The van der Waals surface area contributed by atoms with Crippen molar-refractivity contribution in [1.29, 1.82) is 0 Å². The Morgan fingerprint density at radius 3 is 2.36 bits per heavy atom. The van der Waals surface area contributed by atoms with Crippen LogP contribution in [0.5, 0.6) is 5.75 Å². The number of hydrogen-bond donors (Lipinski definition) is 4. The molecule has 0 radical (unpaired) electrons. The molecule has 1 aromatic rings. The van der Waals surface area contributed by atoms with Crippen LogP contribution in [0.1, 0.15) is 17.3 Å². The van der Waals surface area contributed by atoms with Crippen LogP contribution in [0.15, 0.2) is 24.3 Å². The Labute approximate surface area is 144 Å². The minimum absolute atomic E-state index is 0.299. The fourth-order valence-corrected chi connectivity index (χ4v) is 2.49. The van der Waals surface area contributed by atoms with E-state index < -0.39 is 49.1 Å². The zero-order valence-electron chi connectivity index (χ0n) is 13.8. The van der Waals surface area contributed by atoms with Crippen molar-refractivity contribution in [3.8, 4) is 5.75 Å². The lowest BCUT2D eigenvalue weighted by Gasteiger charge is -2.42. The summed E-state index contributed by atoms with van der Waals surface area (Å²) in [5.41, 5.74) is 0.321. The number of nitrogens with one attached hydrogen (secondary N) is 1. The quantitative estimate of drug-likeness (QED) is 0.484. The van der Waals surface area contributed by atoms with Crippen LogP contribution in [0.3, 0.4) is 0 Å². The molecular weight excluding hydrogens is 334 g/mol. The highest BCUT2D eigenvalue weighted by Crippen LogP contribution is 2.24. The highest BCUT2D eigenvalue weighted by molar-refractivity contribution is 5.89. The highest BCUT2D eigenvalue weighted by atomic mass is 16.7. The van der Waals surface area contributed by atoms with Crippen LogP contribution in [0, 0.1) is 0 Å². The molecule has 25 heavy (non-hydrogen) atoms. The summed E-state index contributed by atoms with van der Waals surface area (Å²) in [7, 11) is 1.27. The van der Waals surface area contributed by atoms with E-state index in [9.17, 15) is 24.9 Å². The molecule has 9 heteroatoms. The summed E-state index contributed by atoms with van der Waals surface area (Å²) in [6, 6.07) is 4.89. The van der Waals surface area contributed by atoms with E-state index >= 15 is 0 Å². The molecule has 0 aromatic heterocycles. The van der Waals surface area contributed by atoms with Crippen molar-refractivity contribution in [1.82, 2.24) is 5.32 Å². The van der Waals surface area contributed by atoms with Gasteiger partial charge in [-0.25, -0.2) is 4.79 Å². The summed E-state index contributed by atoms with van der Waals surface area (Å²) in [5.74, 6) is -0.652. The molecule has 1 aromatic carbocycles. The van der Waals surface area contributed by atoms with Crippen LogP contribution in [0.2, 0.25) is 0 Å². The zero-order valence-corrected chi connectivity index (χ0v) is 13.8. The topological polar surface area (TPSA) is 135 Å². The lowest BCUT2D eigenvalue weighted by Crippen LogP contribution is -2.65. The SMILES string of the molecule is COC(=O)c1ccc(O[C@H]2O[C@@H](CO)[C@@H](O)[C@@H](O)[C@@H]2NC(C)=O)cc1. The Balaban J connectivity index is 2.17. The normalized spacial score (nSPS) is 28.9. The predicted octanol–water partition coefficient (Wildman–Crippen LogP) is -1.20. The van der Waals surface area contributed by atoms with Crippen LogP contribution >= 0.6 is 0 Å². The second kappa shape index (κ2) is 8.26. The molecular formula is C16H21NO8. The van der Waals surface area contributed by atoms with Crippen molar-refractivity contribution in [2.75, 3.05) is 13.7 Å². The van der Waals surface area contributed by atoms with Gasteiger partial charge >= 0.3 is 5.97 Å². The Hall–Kier alpha value is -2.20. The summed E-state index contributed by atoms with van der Waals surface area (Å²) in [6.07, 6.45) is -5.00. The maximum absolute atomic E-state index is 11.4. The number of benzene rings is 1. The van der Waals surface area contributed by atoms with Gasteiger partial charge in [0.1, 0.15) is 30.1 Å². The standard InChI is InChI=1S/C16H21NO8/c1-8(19)17-12-14(21)13(20)11(7-18)25-16(12)24-10-5-3-9(4-6-10)15(22)23-2/h3-6,11-14,16,18,20-21H,7H2,1-2H3,(H,17,19)/t11-,12-,13+,14-,16-/m0/s1. The third kappa shape index (κ3) is 4.45. The molecule has 0 bridgehead atoms. The summed E-state index contributed by atoms with van der Waals surface area (Å²) in [4.78, 5) is 22.8. The molecule has 0 aliphatic carbocycles. The summed E-state index contributed by atoms with van der Waals surface area (Å²) < 4.78 is 15.7. The van der Waals surface area contributed by atoms with Crippen molar-refractivity contribution in [3.05, 3.63) is 29.8 Å². The van der Waals surface area contributed by atoms with Crippen molar-refractivity contribution in [2.24, 2.45) is 0 Å². The molecule has 1 fully saturated rings. The Kier molecular flexibility index (Phi) is 6.32. The molecule has 9 nitrogen and oxygen atoms in total. The summed E-state index contributed by atoms with van der Waals surface area (Å²) >= 11 is 0. The number of aliphatic hydroxyl groups is 3. The van der Waals surface area contributed by atoms with Crippen molar-refractivity contribution >= 4 is 11.9 Å². The molecule has 1 aliphatic heterocycles. The molecule has 138 valence electrons. The van der Waals surface area contributed by atoms with Gasteiger partial charge in [0.05, 0.1) is 19.3 Å². The maximum atomic E-state index is 11.4. The molecule has 0 unspecified atom stereocenters. The molecule has 1 amide bonds. The van der Waals surface area contributed by atoms with Gasteiger partial charge < -0.3 is 34.8 Å². The van der Waals surface area contributed by atoms with E-state index in [1.54, 1.807) is 0 Å². The lowest BCUT2D eigenvalue weighted by molar-refractivity contribution is -0.244. The van der Waals surface area contributed by atoms with E-state index in [4.69, 9.17) is 9.47 Å². The third-order valence-electron chi connectivity index (χ3n) is 3.78. The molecule has 1 heterocycles. The minimum atomic E-state index is -1.39. The first-order chi connectivity index (χ1) is 11.9. The molecule has 0 saturated carbocycles. The van der Waals surface area contributed by atoms with E-state index in [0.29, 0.717) is 11.3 Å². The number of carbonyl (C=O) groups is 2. The average molecular weight is 355 g/mol. The number of esters is 1. The number of amides is 1. The van der Waals surface area contributed by atoms with Crippen LogP contribution in [0.25, 0.3) is 0 Å². The second-order valence-electron chi connectivity index (χ2n) is 5.57. The average Bonchev–Trinajstić information content (AvgIpc) is 2.60. The van der Waals surface area contributed by atoms with E-state index in [2.05, 4.69) is 10.1 Å².